The van der Waals surface area contributed by atoms with E-state index in [0.717, 1.165) is 0 Å². The lowest BCUT2D eigenvalue weighted by Gasteiger charge is -2.19. The summed E-state index contributed by atoms with van der Waals surface area (Å²) in [5.41, 5.74) is -1.02. The summed E-state index contributed by atoms with van der Waals surface area (Å²) in [5.74, 6) is -0.785. The highest BCUT2D eigenvalue weighted by Gasteiger charge is 2.16. The van der Waals surface area contributed by atoms with Crippen molar-refractivity contribution in [1.82, 2.24) is 0 Å². The van der Waals surface area contributed by atoms with Gasteiger partial charge in [0.05, 0.1) is 52.9 Å². The van der Waals surface area contributed by atoms with Gasteiger partial charge in [0.25, 0.3) is 0 Å². The summed E-state index contributed by atoms with van der Waals surface area (Å²) in [5, 5.41) is 0. The SMILES string of the molecule is CC(C)(C)OC(=O)COCCOCCOCCOCCOCC(=O)OC(C)(C)C. The summed E-state index contributed by atoms with van der Waals surface area (Å²) in [6, 6.07) is 0. The van der Waals surface area contributed by atoms with Crippen molar-refractivity contribution in [1.29, 1.82) is 0 Å². The molecule has 0 rings (SSSR count). The molecule has 0 fully saturated rings. The Morgan fingerprint density at radius 3 is 0.966 bits per heavy atom. The maximum Gasteiger partial charge on any atom is 0.332 e. The van der Waals surface area contributed by atoms with Crippen LogP contribution in [0.5, 0.6) is 0 Å². The van der Waals surface area contributed by atoms with Crippen molar-refractivity contribution in [2.45, 2.75) is 52.7 Å². The van der Waals surface area contributed by atoms with Crippen molar-refractivity contribution >= 4 is 11.9 Å². The van der Waals surface area contributed by atoms with Gasteiger partial charge in [-0.1, -0.05) is 0 Å². The first-order chi connectivity index (χ1) is 13.5. The maximum atomic E-state index is 11.4. The fourth-order valence-corrected chi connectivity index (χ4v) is 1.83. The third-order valence-corrected chi connectivity index (χ3v) is 2.77. The highest BCUT2D eigenvalue weighted by Crippen LogP contribution is 2.07. The number of carbonyl (C=O) groups is 2. The van der Waals surface area contributed by atoms with E-state index in [0.29, 0.717) is 52.9 Å². The van der Waals surface area contributed by atoms with Gasteiger partial charge in [0.15, 0.2) is 0 Å². The van der Waals surface area contributed by atoms with Crippen LogP contribution in [0, 0.1) is 0 Å². The molecule has 9 nitrogen and oxygen atoms in total. The lowest BCUT2D eigenvalue weighted by Crippen LogP contribution is -2.27. The molecule has 0 aliphatic carbocycles. The second-order valence-corrected chi connectivity index (χ2v) is 8.12. The van der Waals surface area contributed by atoms with E-state index >= 15 is 0 Å². The minimum Gasteiger partial charge on any atom is -0.458 e. The van der Waals surface area contributed by atoms with Crippen LogP contribution < -0.4 is 0 Å². The Kier molecular flexibility index (Phi) is 14.9. The third-order valence-electron chi connectivity index (χ3n) is 2.77. The van der Waals surface area contributed by atoms with Gasteiger partial charge in [-0.3, -0.25) is 0 Å². The molecule has 0 aliphatic heterocycles. The molecule has 0 aliphatic rings. The zero-order valence-electron chi connectivity index (χ0n) is 18.7. The monoisotopic (exact) mass is 422 g/mol. The van der Waals surface area contributed by atoms with E-state index in [1.54, 1.807) is 41.5 Å². The van der Waals surface area contributed by atoms with Crippen molar-refractivity contribution in [2.75, 3.05) is 66.1 Å². The van der Waals surface area contributed by atoms with E-state index in [4.69, 9.17) is 33.2 Å². The van der Waals surface area contributed by atoms with E-state index in [1.165, 1.54) is 0 Å². The molecule has 0 bridgehead atoms. The quantitative estimate of drug-likeness (QED) is 0.272. The average Bonchev–Trinajstić information content (AvgIpc) is 2.55. The molecular weight excluding hydrogens is 384 g/mol. The van der Waals surface area contributed by atoms with Crippen molar-refractivity contribution in [3.8, 4) is 0 Å². The van der Waals surface area contributed by atoms with Crippen LogP contribution in [0.2, 0.25) is 0 Å². The van der Waals surface area contributed by atoms with E-state index in [1.807, 2.05) is 0 Å². The van der Waals surface area contributed by atoms with Gasteiger partial charge < -0.3 is 33.2 Å². The van der Waals surface area contributed by atoms with E-state index in [9.17, 15) is 9.59 Å². The Balaban J connectivity index is 3.26. The summed E-state index contributed by atoms with van der Waals surface area (Å²) < 4.78 is 36.6. The molecule has 29 heavy (non-hydrogen) atoms. The minimum atomic E-state index is -0.509. The van der Waals surface area contributed by atoms with Crippen LogP contribution in [0.25, 0.3) is 0 Å². The van der Waals surface area contributed by atoms with Crippen LogP contribution in [-0.4, -0.2) is 89.2 Å². The first kappa shape index (κ1) is 27.7. The molecule has 0 radical (unpaired) electrons. The molecule has 0 unspecified atom stereocenters. The van der Waals surface area contributed by atoms with Crippen LogP contribution >= 0.6 is 0 Å². The standard InChI is InChI=1S/C20H38O9/c1-19(2,3)28-17(21)15-26-13-11-24-9-7-23-8-10-25-12-14-27-16-18(22)29-20(4,5)6/h7-16H2,1-6H3. The van der Waals surface area contributed by atoms with Crippen LogP contribution in [0.3, 0.4) is 0 Å². The largest absolute Gasteiger partial charge is 0.458 e. The Morgan fingerprint density at radius 2 is 0.724 bits per heavy atom. The summed E-state index contributed by atoms with van der Waals surface area (Å²) in [6.07, 6.45) is 0. The van der Waals surface area contributed by atoms with E-state index in [-0.39, 0.29) is 13.2 Å². The molecule has 0 aromatic heterocycles. The predicted octanol–water partition coefficient (Wildman–Crippen LogP) is 1.75. The Bertz CT molecular complexity index is 398. The number of rotatable bonds is 16. The summed E-state index contributed by atoms with van der Waals surface area (Å²) >= 11 is 0. The predicted molar refractivity (Wildman–Crippen MR) is 106 cm³/mol. The second-order valence-electron chi connectivity index (χ2n) is 8.12. The summed E-state index contributed by atoms with van der Waals surface area (Å²) in [7, 11) is 0. The lowest BCUT2D eigenvalue weighted by atomic mass is 10.2. The second kappa shape index (κ2) is 15.6. The Labute approximate surface area is 174 Å². The van der Waals surface area contributed by atoms with Gasteiger partial charge >= 0.3 is 11.9 Å². The normalized spacial score (nSPS) is 12.1. The average molecular weight is 423 g/mol. The molecule has 172 valence electrons. The van der Waals surface area contributed by atoms with Crippen molar-refractivity contribution in [2.24, 2.45) is 0 Å². The van der Waals surface area contributed by atoms with E-state index in [2.05, 4.69) is 0 Å². The number of ether oxygens (including phenoxy) is 7. The molecule has 0 spiro atoms. The lowest BCUT2D eigenvalue weighted by molar-refractivity contribution is -0.161. The number of carbonyl (C=O) groups excluding carboxylic acids is 2. The summed E-state index contributed by atoms with van der Waals surface area (Å²) in [4.78, 5) is 22.8. The first-order valence-corrected chi connectivity index (χ1v) is 9.82. The highest BCUT2D eigenvalue weighted by atomic mass is 16.6. The van der Waals surface area contributed by atoms with Gasteiger partial charge in [-0.25, -0.2) is 9.59 Å². The van der Waals surface area contributed by atoms with Crippen LogP contribution in [0.15, 0.2) is 0 Å². The third kappa shape index (κ3) is 22.9. The van der Waals surface area contributed by atoms with Gasteiger partial charge in [0.2, 0.25) is 0 Å². The molecule has 0 saturated heterocycles. The Morgan fingerprint density at radius 1 is 0.483 bits per heavy atom. The Hall–Kier alpha value is -1.26. The molecule has 0 N–H and O–H groups in total. The smallest absolute Gasteiger partial charge is 0.332 e. The molecule has 0 aromatic carbocycles. The first-order valence-electron chi connectivity index (χ1n) is 9.82. The van der Waals surface area contributed by atoms with Gasteiger partial charge in [0.1, 0.15) is 24.4 Å². The fraction of sp³-hybridized carbons (Fsp3) is 0.900. The van der Waals surface area contributed by atoms with Gasteiger partial charge in [-0.15, -0.1) is 0 Å². The van der Waals surface area contributed by atoms with Gasteiger partial charge in [0, 0.05) is 0 Å². The van der Waals surface area contributed by atoms with Crippen LogP contribution in [-0.2, 0) is 42.7 Å². The van der Waals surface area contributed by atoms with E-state index < -0.39 is 23.1 Å². The van der Waals surface area contributed by atoms with Crippen molar-refractivity contribution < 1.29 is 42.7 Å². The van der Waals surface area contributed by atoms with Crippen LogP contribution in [0.4, 0.5) is 0 Å². The summed E-state index contributed by atoms with van der Waals surface area (Å²) in [6.45, 7) is 13.7. The molecule has 0 heterocycles. The number of hydrogen-bond donors (Lipinski definition) is 0. The van der Waals surface area contributed by atoms with Gasteiger partial charge in [-0.05, 0) is 41.5 Å². The van der Waals surface area contributed by atoms with Gasteiger partial charge in [-0.2, -0.15) is 0 Å². The molecule has 0 atom stereocenters. The van der Waals surface area contributed by atoms with Crippen LogP contribution in [0.1, 0.15) is 41.5 Å². The molecular formula is C20H38O9. The topological polar surface area (TPSA) is 98.8 Å². The minimum absolute atomic E-state index is 0.0873. The number of hydrogen-bond acceptors (Lipinski definition) is 9. The zero-order valence-corrected chi connectivity index (χ0v) is 18.7. The van der Waals surface area contributed by atoms with Crippen molar-refractivity contribution in [3.05, 3.63) is 0 Å². The fourth-order valence-electron chi connectivity index (χ4n) is 1.83. The van der Waals surface area contributed by atoms with Crippen molar-refractivity contribution in [3.63, 3.8) is 0 Å². The molecule has 0 aromatic rings. The number of esters is 2. The highest BCUT2D eigenvalue weighted by molar-refractivity contribution is 5.71. The molecule has 0 saturated carbocycles. The zero-order chi connectivity index (χ0) is 22.2. The molecule has 0 amide bonds. The maximum absolute atomic E-state index is 11.4. The molecule has 9 heteroatoms.